The zero-order valence-corrected chi connectivity index (χ0v) is 30.1. The third-order valence-electron chi connectivity index (χ3n) is 12.6. The minimum Gasteiger partial charge on any atom is -0.508 e. The van der Waals surface area contributed by atoms with E-state index in [2.05, 4.69) is 49.1 Å². The molecule has 2 N–H and O–H groups in total. The van der Waals surface area contributed by atoms with E-state index in [1.54, 1.807) is 6.07 Å². The monoisotopic (exact) mass is 661 g/mol. The Morgan fingerprint density at radius 2 is 1.60 bits per heavy atom. The maximum atomic E-state index is 16.2. The molecule has 0 bridgehead atoms. The van der Waals surface area contributed by atoms with Crippen LogP contribution in [0.25, 0.3) is 0 Å². The summed E-state index contributed by atoms with van der Waals surface area (Å²) in [6, 6.07) is 16.1. The van der Waals surface area contributed by atoms with Crippen LogP contribution in [0.5, 0.6) is 5.75 Å². The van der Waals surface area contributed by atoms with E-state index >= 15 is 4.39 Å². The molecule has 0 spiro atoms. The SMILES string of the molecule is CCCCCCCCCCCC(=O)N(CCCCC1Cc2cc(O)ccc2C2C(F)C[C@]3(C)C(O)CCC3C12)CCCc1ccccc1. The van der Waals surface area contributed by atoms with Crippen LogP contribution in [0.4, 0.5) is 4.39 Å². The van der Waals surface area contributed by atoms with E-state index in [4.69, 9.17) is 0 Å². The fraction of sp³-hybridized carbons (Fsp3) is 0.698. The minimum atomic E-state index is -0.978. The number of carbonyl (C=O) groups excluding carboxylic acids is 1. The molecule has 0 aromatic heterocycles. The Bertz CT molecular complexity index is 1270. The molecule has 1 amide bonds. The Hall–Kier alpha value is -2.40. The lowest BCUT2D eigenvalue weighted by atomic mass is 9.51. The van der Waals surface area contributed by atoms with Crippen molar-refractivity contribution in [3.05, 3.63) is 65.2 Å². The van der Waals surface area contributed by atoms with Gasteiger partial charge in [0.15, 0.2) is 0 Å². The predicted octanol–water partition coefficient (Wildman–Crippen LogP) is 10.3. The zero-order valence-electron chi connectivity index (χ0n) is 30.1. The molecular weight excluding hydrogens is 597 g/mol. The van der Waals surface area contributed by atoms with Crippen LogP contribution in [0.15, 0.2) is 48.5 Å². The maximum Gasteiger partial charge on any atom is 0.222 e. The summed E-state index contributed by atoms with van der Waals surface area (Å²) < 4.78 is 16.2. The van der Waals surface area contributed by atoms with Gasteiger partial charge in [-0.1, -0.05) is 108 Å². The maximum absolute atomic E-state index is 16.2. The van der Waals surface area contributed by atoms with Gasteiger partial charge in [0.05, 0.1) is 6.10 Å². The summed E-state index contributed by atoms with van der Waals surface area (Å²) in [5.74, 6) is 1.26. The van der Waals surface area contributed by atoms with Crippen molar-refractivity contribution in [2.24, 2.45) is 23.2 Å². The Kier molecular flexibility index (Phi) is 13.8. The number of aliphatic hydroxyl groups is 1. The molecule has 2 aromatic carbocycles. The summed E-state index contributed by atoms with van der Waals surface area (Å²) >= 11 is 0. The molecule has 0 aliphatic heterocycles. The summed E-state index contributed by atoms with van der Waals surface area (Å²) in [5.41, 5.74) is 3.15. The first-order valence-corrected chi connectivity index (χ1v) is 19.8. The molecule has 5 heteroatoms. The van der Waals surface area contributed by atoms with E-state index in [1.807, 2.05) is 12.1 Å². The number of nitrogens with zero attached hydrogens (tertiary/aromatic N) is 1. The van der Waals surface area contributed by atoms with Crippen LogP contribution in [0.2, 0.25) is 0 Å². The summed E-state index contributed by atoms with van der Waals surface area (Å²) in [7, 11) is 0. The molecule has 5 rings (SSSR count). The van der Waals surface area contributed by atoms with Crippen LogP contribution < -0.4 is 0 Å². The van der Waals surface area contributed by atoms with Gasteiger partial charge in [0.25, 0.3) is 0 Å². The third-order valence-corrected chi connectivity index (χ3v) is 12.6. The number of rotatable bonds is 19. The predicted molar refractivity (Wildman–Crippen MR) is 195 cm³/mol. The smallest absolute Gasteiger partial charge is 0.222 e. The van der Waals surface area contributed by atoms with Crippen LogP contribution in [-0.4, -0.2) is 46.4 Å². The summed E-state index contributed by atoms with van der Waals surface area (Å²) in [6.07, 6.45) is 18.5. The first-order valence-electron chi connectivity index (χ1n) is 19.8. The van der Waals surface area contributed by atoms with Crippen molar-refractivity contribution in [1.29, 1.82) is 0 Å². The molecule has 2 fully saturated rings. The molecule has 2 saturated carbocycles. The van der Waals surface area contributed by atoms with Crippen molar-refractivity contribution in [2.45, 2.75) is 154 Å². The number of phenols is 1. The summed E-state index contributed by atoms with van der Waals surface area (Å²) in [5, 5.41) is 21.3. The Morgan fingerprint density at radius 3 is 2.35 bits per heavy atom. The topological polar surface area (TPSA) is 60.8 Å². The highest BCUT2D eigenvalue weighted by atomic mass is 19.1. The van der Waals surface area contributed by atoms with Gasteiger partial charge in [-0.05, 0) is 110 Å². The summed E-state index contributed by atoms with van der Waals surface area (Å²) in [4.78, 5) is 15.6. The molecule has 0 heterocycles. The lowest BCUT2D eigenvalue weighted by Gasteiger charge is -2.54. The van der Waals surface area contributed by atoms with Crippen LogP contribution in [0, 0.1) is 23.2 Å². The molecule has 4 nitrogen and oxygen atoms in total. The Balaban J connectivity index is 1.17. The molecular formula is C43H64FNO3. The highest BCUT2D eigenvalue weighted by molar-refractivity contribution is 5.76. The van der Waals surface area contributed by atoms with Crippen molar-refractivity contribution in [1.82, 2.24) is 4.90 Å². The number of fused-ring (bicyclic) bond motifs is 5. The molecule has 266 valence electrons. The number of halogens is 1. The molecule has 3 aliphatic rings. The number of carbonyl (C=O) groups is 1. The molecule has 7 atom stereocenters. The molecule has 2 aromatic rings. The minimum absolute atomic E-state index is 0.157. The van der Waals surface area contributed by atoms with Gasteiger partial charge in [-0.3, -0.25) is 4.79 Å². The Morgan fingerprint density at radius 1 is 0.896 bits per heavy atom. The Labute approximate surface area is 290 Å². The van der Waals surface area contributed by atoms with E-state index < -0.39 is 12.3 Å². The molecule has 6 unspecified atom stereocenters. The lowest BCUT2D eigenvalue weighted by molar-refractivity contribution is -0.131. The van der Waals surface area contributed by atoms with E-state index in [0.29, 0.717) is 30.6 Å². The van der Waals surface area contributed by atoms with Crippen molar-refractivity contribution in [3.8, 4) is 5.75 Å². The quantitative estimate of drug-likeness (QED) is 0.147. The van der Waals surface area contributed by atoms with Gasteiger partial charge in [-0.25, -0.2) is 4.39 Å². The number of hydrogen-bond donors (Lipinski definition) is 2. The van der Waals surface area contributed by atoms with E-state index in [9.17, 15) is 15.0 Å². The summed E-state index contributed by atoms with van der Waals surface area (Å²) in [6.45, 7) is 5.98. The second-order valence-electron chi connectivity index (χ2n) is 15.9. The number of unbranched alkanes of at least 4 members (excludes halogenated alkanes) is 9. The normalized spacial score (nSPS) is 27.7. The second kappa shape index (κ2) is 18.0. The number of hydrogen-bond acceptors (Lipinski definition) is 3. The van der Waals surface area contributed by atoms with Crippen molar-refractivity contribution in [2.75, 3.05) is 13.1 Å². The number of amides is 1. The van der Waals surface area contributed by atoms with Gasteiger partial charge in [0, 0.05) is 25.4 Å². The molecule has 48 heavy (non-hydrogen) atoms. The molecule has 0 saturated heterocycles. The van der Waals surface area contributed by atoms with Crippen LogP contribution in [0.3, 0.4) is 0 Å². The average molecular weight is 662 g/mol. The largest absolute Gasteiger partial charge is 0.508 e. The van der Waals surface area contributed by atoms with Crippen LogP contribution >= 0.6 is 0 Å². The number of benzene rings is 2. The van der Waals surface area contributed by atoms with Gasteiger partial charge in [-0.15, -0.1) is 0 Å². The number of aryl methyl sites for hydroxylation is 1. The number of aliphatic hydroxyl groups excluding tert-OH is 1. The van der Waals surface area contributed by atoms with Crippen molar-refractivity contribution < 1.29 is 19.4 Å². The number of alkyl halides is 1. The molecule has 0 radical (unpaired) electrons. The van der Waals surface area contributed by atoms with E-state index in [-0.39, 0.29) is 23.0 Å². The van der Waals surface area contributed by atoms with E-state index in [0.717, 1.165) is 88.4 Å². The zero-order chi connectivity index (χ0) is 33.9. The first-order chi connectivity index (χ1) is 23.3. The first kappa shape index (κ1) is 36.9. The standard InChI is InChI=1S/C43H64FNO3/c1-3-4-5-6-7-8-9-10-14-22-40(48)45(28-17-20-32-18-12-11-13-19-32)27-16-15-21-33-29-34-30-35(46)23-24-36(34)42-38(44)31-43(2)37(41(33)42)25-26-39(43)47/h11-13,18-19,23-24,30,33,37-39,41-42,46-47H,3-10,14-17,20-22,25-29,31H2,1-2H3/t33?,37?,38?,39?,41?,42?,43-/m0/s1. The molecule has 3 aliphatic carbocycles. The van der Waals surface area contributed by atoms with Gasteiger partial charge in [-0.2, -0.15) is 0 Å². The third kappa shape index (κ3) is 9.23. The second-order valence-corrected chi connectivity index (χ2v) is 15.9. The van der Waals surface area contributed by atoms with Crippen LogP contribution in [0.1, 0.15) is 146 Å². The van der Waals surface area contributed by atoms with Gasteiger partial charge < -0.3 is 15.1 Å². The van der Waals surface area contributed by atoms with Crippen molar-refractivity contribution in [3.63, 3.8) is 0 Å². The van der Waals surface area contributed by atoms with Gasteiger partial charge in [0.2, 0.25) is 5.91 Å². The fourth-order valence-corrected chi connectivity index (χ4v) is 9.97. The fourth-order valence-electron chi connectivity index (χ4n) is 9.97. The van der Waals surface area contributed by atoms with Gasteiger partial charge in [0.1, 0.15) is 11.9 Å². The highest BCUT2D eigenvalue weighted by Crippen LogP contribution is 2.63. The number of phenolic OH excluding ortho intramolecular Hbond substituents is 1. The highest BCUT2D eigenvalue weighted by Gasteiger charge is 2.59. The van der Waals surface area contributed by atoms with Crippen LogP contribution in [-0.2, 0) is 17.6 Å². The van der Waals surface area contributed by atoms with Gasteiger partial charge >= 0.3 is 0 Å². The average Bonchev–Trinajstić information content (AvgIpc) is 3.37. The lowest BCUT2D eigenvalue weighted by Crippen LogP contribution is -2.51. The number of aromatic hydroxyl groups is 1. The van der Waals surface area contributed by atoms with E-state index in [1.165, 1.54) is 50.5 Å². The van der Waals surface area contributed by atoms with Crippen molar-refractivity contribution >= 4 is 5.91 Å².